The van der Waals surface area contributed by atoms with Crippen LogP contribution in [-0.2, 0) is 11.0 Å². The average Bonchev–Trinajstić information content (AvgIpc) is 2.64. The van der Waals surface area contributed by atoms with E-state index in [1.54, 1.807) is 0 Å². The van der Waals surface area contributed by atoms with E-state index in [-0.39, 0.29) is 10.5 Å². The smallest absolute Gasteiger partial charge is 0.192 e. The van der Waals surface area contributed by atoms with Crippen molar-refractivity contribution in [3.8, 4) is 17.6 Å². The standard InChI is InChI=1S/C25H33BrO2Si/c1-24(2,3)29(6,7)28-19-25(4,5)17-16-21-22(26)14-11-15-23(21)27-18-20-12-9-8-10-13-20/h8-15H,18-19H2,1-7H3. The van der Waals surface area contributed by atoms with Crippen molar-refractivity contribution in [1.82, 2.24) is 0 Å². The SMILES string of the molecule is CC(C)(C#Cc1c(Br)cccc1OCc1ccccc1)CO[Si](C)(C)C(C)(C)C. The van der Waals surface area contributed by atoms with Gasteiger partial charge < -0.3 is 9.16 Å². The summed E-state index contributed by atoms with van der Waals surface area (Å²) in [5.74, 6) is 7.55. The van der Waals surface area contributed by atoms with Crippen LogP contribution in [0.15, 0.2) is 53.0 Å². The summed E-state index contributed by atoms with van der Waals surface area (Å²) in [5.41, 5.74) is 1.76. The highest BCUT2D eigenvalue weighted by atomic mass is 79.9. The molecule has 0 spiro atoms. The van der Waals surface area contributed by atoms with E-state index in [0.29, 0.717) is 13.2 Å². The second-order valence-corrected chi connectivity index (χ2v) is 15.2. The largest absolute Gasteiger partial charge is 0.488 e. The van der Waals surface area contributed by atoms with Crippen molar-refractivity contribution in [2.24, 2.45) is 5.41 Å². The summed E-state index contributed by atoms with van der Waals surface area (Å²) in [5, 5.41) is 0.192. The number of halogens is 1. The molecular formula is C25H33BrO2Si. The molecule has 0 bridgehead atoms. The van der Waals surface area contributed by atoms with Crippen LogP contribution >= 0.6 is 15.9 Å². The maximum Gasteiger partial charge on any atom is 0.192 e. The second kappa shape index (κ2) is 9.51. The first-order valence-electron chi connectivity index (χ1n) is 10.0. The molecule has 0 saturated carbocycles. The van der Waals surface area contributed by atoms with Crippen molar-refractivity contribution in [1.29, 1.82) is 0 Å². The first-order chi connectivity index (χ1) is 13.4. The molecule has 0 aromatic heterocycles. The Morgan fingerprint density at radius 3 is 2.21 bits per heavy atom. The maximum absolute atomic E-state index is 6.41. The van der Waals surface area contributed by atoms with Crippen LogP contribution in [0.3, 0.4) is 0 Å². The molecule has 0 atom stereocenters. The fraction of sp³-hybridized carbons (Fsp3) is 0.440. The van der Waals surface area contributed by atoms with E-state index in [9.17, 15) is 0 Å². The van der Waals surface area contributed by atoms with Crippen LogP contribution in [-0.4, -0.2) is 14.9 Å². The summed E-state index contributed by atoms with van der Waals surface area (Å²) in [6, 6.07) is 16.1. The van der Waals surface area contributed by atoms with Gasteiger partial charge in [-0.05, 0) is 65.6 Å². The molecule has 0 aliphatic carbocycles. The van der Waals surface area contributed by atoms with Crippen molar-refractivity contribution in [2.75, 3.05) is 6.61 Å². The van der Waals surface area contributed by atoms with Crippen LogP contribution in [0.4, 0.5) is 0 Å². The molecule has 2 aromatic rings. The predicted octanol–water partition coefficient (Wildman–Crippen LogP) is 7.43. The van der Waals surface area contributed by atoms with Gasteiger partial charge in [0.05, 0.1) is 5.56 Å². The van der Waals surface area contributed by atoms with Crippen LogP contribution in [0.2, 0.25) is 18.1 Å². The summed E-state index contributed by atoms with van der Waals surface area (Å²) in [6.45, 7) is 16.7. The van der Waals surface area contributed by atoms with E-state index in [1.165, 1.54) is 0 Å². The van der Waals surface area contributed by atoms with Gasteiger partial charge in [0, 0.05) is 16.5 Å². The summed E-state index contributed by atoms with van der Waals surface area (Å²) in [6.07, 6.45) is 0. The zero-order chi connectivity index (χ0) is 21.7. The Morgan fingerprint density at radius 1 is 0.931 bits per heavy atom. The van der Waals surface area contributed by atoms with Gasteiger partial charge in [-0.3, -0.25) is 0 Å². The summed E-state index contributed by atoms with van der Waals surface area (Å²) >= 11 is 3.63. The molecule has 2 aromatic carbocycles. The summed E-state index contributed by atoms with van der Waals surface area (Å²) in [7, 11) is -1.80. The predicted molar refractivity (Wildman–Crippen MR) is 129 cm³/mol. The lowest BCUT2D eigenvalue weighted by Gasteiger charge is -2.38. The molecule has 0 saturated heterocycles. The molecule has 156 valence electrons. The minimum Gasteiger partial charge on any atom is -0.488 e. The van der Waals surface area contributed by atoms with E-state index in [2.05, 4.69) is 87.6 Å². The van der Waals surface area contributed by atoms with E-state index >= 15 is 0 Å². The third-order valence-electron chi connectivity index (χ3n) is 5.34. The molecule has 29 heavy (non-hydrogen) atoms. The van der Waals surface area contributed by atoms with Crippen molar-refractivity contribution in [3.05, 3.63) is 64.1 Å². The molecule has 0 N–H and O–H groups in total. The van der Waals surface area contributed by atoms with Crippen molar-refractivity contribution < 1.29 is 9.16 Å². The number of ether oxygens (including phenoxy) is 1. The topological polar surface area (TPSA) is 18.5 Å². The fourth-order valence-electron chi connectivity index (χ4n) is 2.33. The van der Waals surface area contributed by atoms with E-state index < -0.39 is 8.32 Å². The Bertz CT molecular complexity index is 871. The van der Waals surface area contributed by atoms with Crippen LogP contribution in [0.1, 0.15) is 45.7 Å². The molecule has 2 rings (SSSR count). The van der Waals surface area contributed by atoms with Gasteiger partial charge in [0.1, 0.15) is 12.4 Å². The fourth-order valence-corrected chi connectivity index (χ4v) is 3.93. The van der Waals surface area contributed by atoms with E-state index in [1.807, 2.05) is 36.4 Å². The van der Waals surface area contributed by atoms with E-state index in [4.69, 9.17) is 9.16 Å². The van der Waals surface area contributed by atoms with Crippen LogP contribution in [0.25, 0.3) is 0 Å². The van der Waals surface area contributed by atoms with Gasteiger partial charge in [-0.15, -0.1) is 0 Å². The first-order valence-corrected chi connectivity index (χ1v) is 13.7. The molecule has 0 amide bonds. The van der Waals surface area contributed by atoms with Gasteiger partial charge in [0.25, 0.3) is 0 Å². The van der Waals surface area contributed by atoms with Gasteiger partial charge in [-0.1, -0.05) is 69.0 Å². The number of hydrogen-bond acceptors (Lipinski definition) is 2. The molecule has 0 fully saturated rings. The van der Waals surface area contributed by atoms with Gasteiger partial charge in [0.15, 0.2) is 8.32 Å². The molecule has 2 nitrogen and oxygen atoms in total. The number of hydrogen-bond donors (Lipinski definition) is 0. The molecule has 0 aliphatic rings. The minimum atomic E-state index is -1.80. The minimum absolute atomic E-state index is 0.192. The van der Waals surface area contributed by atoms with Crippen LogP contribution in [0.5, 0.6) is 5.75 Å². The molecule has 4 heteroatoms. The molecule has 0 unspecified atom stereocenters. The molecule has 0 radical (unpaired) electrons. The first kappa shape index (κ1) is 23.7. The van der Waals surface area contributed by atoms with Crippen LogP contribution in [0, 0.1) is 17.3 Å². The monoisotopic (exact) mass is 472 g/mol. The lowest BCUT2D eigenvalue weighted by molar-refractivity contribution is 0.209. The Morgan fingerprint density at radius 2 is 1.59 bits per heavy atom. The lowest BCUT2D eigenvalue weighted by Crippen LogP contribution is -2.42. The zero-order valence-corrected chi connectivity index (χ0v) is 21.3. The van der Waals surface area contributed by atoms with Crippen LogP contribution < -0.4 is 4.74 Å². The number of benzene rings is 2. The Balaban J connectivity index is 2.16. The number of rotatable bonds is 6. The average molecular weight is 474 g/mol. The zero-order valence-electron chi connectivity index (χ0n) is 18.7. The third kappa shape index (κ3) is 7.03. The van der Waals surface area contributed by atoms with Crippen molar-refractivity contribution >= 4 is 24.2 Å². The highest BCUT2D eigenvalue weighted by Crippen LogP contribution is 2.37. The Labute approximate surface area is 186 Å². The van der Waals surface area contributed by atoms with Gasteiger partial charge in [-0.2, -0.15) is 0 Å². The normalized spacial score (nSPS) is 12.3. The quantitative estimate of drug-likeness (QED) is 0.321. The highest BCUT2D eigenvalue weighted by molar-refractivity contribution is 9.10. The second-order valence-electron chi connectivity index (χ2n) is 9.57. The highest BCUT2D eigenvalue weighted by Gasteiger charge is 2.38. The molecular weight excluding hydrogens is 440 g/mol. The van der Waals surface area contributed by atoms with Gasteiger partial charge >= 0.3 is 0 Å². The Hall–Kier alpha value is -1.54. The molecule has 0 heterocycles. The maximum atomic E-state index is 6.41. The summed E-state index contributed by atoms with van der Waals surface area (Å²) < 4.78 is 13.4. The summed E-state index contributed by atoms with van der Waals surface area (Å²) in [4.78, 5) is 0. The van der Waals surface area contributed by atoms with E-state index in [0.717, 1.165) is 21.3 Å². The van der Waals surface area contributed by atoms with Gasteiger partial charge in [-0.25, -0.2) is 0 Å². The third-order valence-corrected chi connectivity index (χ3v) is 10.5. The lowest BCUT2D eigenvalue weighted by atomic mass is 9.95. The van der Waals surface area contributed by atoms with Gasteiger partial charge in [0.2, 0.25) is 0 Å². The Kier molecular flexibility index (Phi) is 7.78. The van der Waals surface area contributed by atoms with Crippen molar-refractivity contribution in [2.45, 2.75) is 59.4 Å². The van der Waals surface area contributed by atoms with Crippen molar-refractivity contribution in [3.63, 3.8) is 0 Å². The molecule has 0 aliphatic heterocycles.